The first-order chi connectivity index (χ1) is 8.06. The first kappa shape index (κ1) is 13.8. The number of pyridine rings is 1. The van der Waals surface area contributed by atoms with Crippen LogP contribution in [0.15, 0.2) is 12.3 Å². The van der Waals surface area contributed by atoms with Crippen LogP contribution in [0.5, 0.6) is 0 Å². The van der Waals surface area contributed by atoms with Crippen LogP contribution >= 0.6 is 0 Å². The molecule has 0 saturated heterocycles. The van der Waals surface area contributed by atoms with Crippen LogP contribution in [-0.2, 0) is 0 Å². The molecule has 0 unspecified atom stereocenters. The zero-order valence-corrected chi connectivity index (χ0v) is 11.0. The standard InChI is InChI=1S/C13H23N3O/c1-4-13(5-2,9-17)8-16-12-10(3)6-11(14)7-15-12/h6-7,17H,4-5,8-9,14H2,1-3H3,(H,15,16). The average molecular weight is 237 g/mol. The third-order valence-corrected chi connectivity index (χ3v) is 3.57. The third-order valence-electron chi connectivity index (χ3n) is 3.57. The summed E-state index contributed by atoms with van der Waals surface area (Å²) in [5, 5.41) is 12.8. The van der Waals surface area contributed by atoms with Gasteiger partial charge in [0.1, 0.15) is 5.82 Å². The van der Waals surface area contributed by atoms with Crippen molar-refractivity contribution in [2.45, 2.75) is 33.6 Å². The zero-order chi connectivity index (χ0) is 12.9. The highest BCUT2D eigenvalue weighted by Crippen LogP contribution is 2.26. The molecule has 1 heterocycles. The minimum Gasteiger partial charge on any atom is -0.397 e. The van der Waals surface area contributed by atoms with E-state index in [2.05, 4.69) is 24.1 Å². The van der Waals surface area contributed by atoms with Gasteiger partial charge in [0.25, 0.3) is 0 Å². The molecule has 0 amide bonds. The van der Waals surface area contributed by atoms with E-state index in [1.165, 1.54) is 0 Å². The number of nitrogen functional groups attached to an aromatic ring is 1. The molecular weight excluding hydrogens is 214 g/mol. The minimum absolute atomic E-state index is 0.0600. The fourth-order valence-electron chi connectivity index (χ4n) is 1.83. The summed E-state index contributed by atoms with van der Waals surface area (Å²) in [5.41, 5.74) is 7.30. The lowest BCUT2D eigenvalue weighted by Gasteiger charge is -2.30. The molecule has 0 aliphatic carbocycles. The number of aliphatic hydroxyl groups is 1. The Bertz CT molecular complexity index is 353. The van der Waals surface area contributed by atoms with E-state index >= 15 is 0 Å². The molecule has 0 fully saturated rings. The van der Waals surface area contributed by atoms with E-state index in [-0.39, 0.29) is 12.0 Å². The van der Waals surface area contributed by atoms with Crippen molar-refractivity contribution in [1.29, 1.82) is 0 Å². The SMILES string of the molecule is CCC(CC)(CO)CNc1ncc(N)cc1C. The van der Waals surface area contributed by atoms with Gasteiger partial charge >= 0.3 is 0 Å². The van der Waals surface area contributed by atoms with Gasteiger partial charge in [-0.25, -0.2) is 4.98 Å². The third kappa shape index (κ3) is 3.33. The maximum Gasteiger partial charge on any atom is 0.129 e. The molecule has 96 valence electrons. The Morgan fingerprint density at radius 2 is 2.06 bits per heavy atom. The predicted octanol–water partition coefficient (Wildman–Crippen LogP) is 2.18. The highest BCUT2D eigenvalue weighted by molar-refractivity contribution is 5.50. The molecule has 0 spiro atoms. The van der Waals surface area contributed by atoms with E-state index in [4.69, 9.17) is 5.73 Å². The molecule has 17 heavy (non-hydrogen) atoms. The highest BCUT2D eigenvalue weighted by atomic mass is 16.3. The molecule has 4 nitrogen and oxygen atoms in total. The van der Waals surface area contributed by atoms with Crippen LogP contribution in [0, 0.1) is 12.3 Å². The maximum atomic E-state index is 9.49. The number of aliphatic hydroxyl groups excluding tert-OH is 1. The number of rotatable bonds is 6. The summed E-state index contributed by atoms with van der Waals surface area (Å²) in [4.78, 5) is 4.27. The number of nitrogens with two attached hydrogens (primary N) is 1. The molecule has 1 rings (SSSR count). The van der Waals surface area contributed by atoms with Crippen molar-refractivity contribution in [3.05, 3.63) is 17.8 Å². The molecule has 1 aromatic rings. The molecule has 0 radical (unpaired) electrons. The quantitative estimate of drug-likeness (QED) is 0.709. The molecule has 4 N–H and O–H groups in total. The van der Waals surface area contributed by atoms with Crippen molar-refractivity contribution in [2.24, 2.45) is 5.41 Å². The Hall–Kier alpha value is -1.29. The molecular formula is C13H23N3O. The van der Waals surface area contributed by atoms with Gasteiger partial charge < -0.3 is 16.2 Å². The van der Waals surface area contributed by atoms with E-state index in [0.29, 0.717) is 5.69 Å². The number of aryl methyl sites for hydroxylation is 1. The summed E-state index contributed by atoms with van der Waals surface area (Å²) in [7, 11) is 0. The van der Waals surface area contributed by atoms with Crippen molar-refractivity contribution in [2.75, 3.05) is 24.2 Å². The van der Waals surface area contributed by atoms with Gasteiger partial charge in [-0.2, -0.15) is 0 Å². The van der Waals surface area contributed by atoms with Crippen molar-refractivity contribution in [3.63, 3.8) is 0 Å². The molecule has 0 atom stereocenters. The van der Waals surface area contributed by atoms with E-state index in [1.807, 2.05) is 13.0 Å². The van der Waals surface area contributed by atoms with Gasteiger partial charge in [-0.05, 0) is 31.4 Å². The molecule has 0 aromatic carbocycles. The highest BCUT2D eigenvalue weighted by Gasteiger charge is 2.25. The second kappa shape index (κ2) is 5.87. The van der Waals surface area contributed by atoms with E-state index in [0.717, 1.165) is 30.8 Å². The normalized spacial score (nSPS) is 11.5. The lowest BCUT2D eigenvalue weighted by atomic mass is 9.83. The first-order valence-electron chi connectivity index (χ1n) is 6.13. The monoisotopic (exact) mass is 237 g/mol. The van der Waals surface area contributed by atoms with Gasteiger partial charge in [-0.1, -0.05) is 13.8 Å². The van der Waals surface area contributed by atoms with Crippen molar-refractivity contribution in [3.8, 4) is 0 Å². The maximum absolute atomic E-state index is 9.49. The fraction of sp³-hybridized carbons (Fsp3) is 0.615. The second-order valence-electron chi connectivity index (χ2n) is 4.65. The summed E-state index contributed by atoms with van der Waals surface area (Å²) >= 11 is 0. The van der Waals surface area contributed by atoms with Gasteiger partial charge in [0.05, 0.1) is 18.5 Å². The van der Waals surface area contributed by atoms with Crippen LogP contribution in [0.1, 0.15) is 32.3 Å². The molecule has 4 heteroatoms. The molecule has 0 aliphatic heterocycles. The number of aromatic nitrogens is 1. The average Bonchev–Trinajstić information content (AvgIpc) is 2.33. The van der Waals surface area contributed by atoms with Gasteiger partial charge in [-0.15, -0.1) is 0 Å². The molecule has 0 bridgehead atoms. The number of nitrogens with one attached hydrogen (secondary N) is 1. The molecule has 0 aliphatic rings. The van der Waals surface area contributed by atoms with Crippen LogP contribution in [0.25, 0.3) is 0 Å². The summed E-state index contributed by atoms with van der Waals surface area (Å²) in [6.45, 7) is 7.11. The Morgan fingerprint density at radius 3 is 2.53 bits per heavy atom. The van der Waals surface area contributed by atoms with E-state index in [1.54, 1.807) is 6.20 Å². The van der Waals surface area contributed by atoms with Crippen LogP contribution in [0.3, 0.4) is 0 Å². The van der Waals surface area contributed by atoms with Crippen LogP contribution < -0.4 is 11.1 Å². The van der Waals surface area contributed by atoms with Gasteiger partial charge in [0.2, 0.25) is 0 Å². The lowest BCUT2D eigenvalue weighted by Crippen LogP contribution is -2.32. The Balaban J connectivity index is 2.72. The van der Waals surface area contributed by atoms with Crippen LogP contribution in [-0.4, -0.2) is 23.2 Å². The van der Waals surface area contributed by atoms with E-state index in [9.17, 15) is 5.11 Å². The first-order valence-corrected chi connectivity index (χ1v) is 6.13. The minimum atomic E-state index is -0.0600. The number of nitrogens with zero attached hydrogens (tertiary/aromatic N) is 1. The summed E-state index contributed by atoms with van der Waals surface area (Å²) in [6.07, 6.45) is 3.54. The number of hydrogen-bond donors (Lipinski definition) is 3. The number of anilines is 2. The fourth-order valence-corrected chi connectivity index (χ4v) is 1.83. The Morgan fingerprint density at radius 1 is 1.41 bits per heavy atom. The second-order valence-corrected chi connectivity index (χ2v) is 4.65. The van der Waals surface area contributed by atoms with Gasteiger partial charge in [0.15, 0.2) is 0 Å². The summed E-state index contributed by atoms with van der Waals surface area (Å²) in [6, 6.07) is 1.90. The van der Waals surface area contributed by atoms with Gasteiger partial charge in [-0.3, -0.25) is 0 Å². The Kier molecular flexibility index (Phi) is 4.75. The largest absolute Gasteiger partial charge is 0.397 e. The van der Waals surface area contributed by atoms with Gasteiger partial charge in [0, 0.05) is 12.0 Å². The van der Waals surface area contributed by atoms with Crippen molar-refractivity contribution >= 4 is 11.5 Å². The lowest BCUT2D eigenvalue weighted by molar-refractivity contribution is 0.127. The van der Waals surface area contributed by atoms with Crippen molar-refractivity contribution in [1.82, 2.24) is 4.98 Å². The summed E-state index contributed by atoms with van der Waals surface area (Å²) < 4.78 is 0. The summed E-state index contributed by atoms with van der Waals surface area (Å²) in [5.74, 6) is 0.846. The topological polar surface area (TPSA) is 71.2 Å². The van der Waals surface area contributed by atoms with Crippen LogP contribution in [0.4, 0.5) is 11.5 Å². The Labute approximate surface area is 103 Å². The molecule has 0 saturated carbocycles. The van der Waals surface area contributed by atoms with Crippen molar-refractivity contribution < 1.29 is 5.11 Å². The predicted molar refractivity (Wildman–Crippen MR) is 72.0 cm³/mol. The smallest absolute Gasteiger partial charge is 0.129 e. The number of hydrogen-bond acceptors (Lipinski definition) is 4. The van der Waals surface area contributed by atoms with Crippen LogP contribution in [0.2, 0.25) is 0 Å². The zero-order valence-electron chi connectivity index (χ0n) is 11.0. The van der Waals surface area contributed by atoms with E-state index < -0.39 is 0 Å². The molecule has 1 aromatic heterocycles.